The maximum Gasteiger partial charge on any atom is 0.165 e. The van der Waals surface area contributed by atoms with Crippen LogP contribution in [0.3, 0.4) is 0 Å². The fourth-order valence-electron chi connectivity index (χ4n) is 3.67. The fraction of sp³-hybridized carbons (Fsp3) is 0.0909. The molecule has 0 radical (unpaired) electrons. The Morgan fingerprint density at radius 1 is 1.07 bits per heavy atom. The molecular formula is C22H19BN6. The summed E-state index contributed by atoms with van der Waals surface area (Å²) in [6.07, 6.45) is 16.7. The lowest BCUT2D eigenvalue weighted by atomic mass is 9.91. The van der Waals surface area contributed by atoms with Crippen LogP contribution in [0.1, 0.15) is 18.0 Å². The van der Waals surface area contributed by atoms with E-state index in [9.17, 15) is 0 Å². The van der Waals surface area contributed by atoms with Gasteiger partial charge in [-0.3, -0.25) is 9.97 Å². The maximum atomic E-state index is 6.38. The molecule has 6 nitrogen and oxygen atoms in total. The Hall–Kier alpha value is -3.74. The number of pyridine rings is 2. The zero-order valence-corrected chi connectivity index (χ0v) is 16.0. The molecule has 0 saturated carbocycles. The number of nitrogen functional groups attached to an aromatic ring is 1. The molecule has 0 fully saturated rings. The highest BCUT2D eigenvalue weighted by Gasteiger charge is 2.17. The minimum Gasteiger partial charge on any atom is -0.384 e. The highest BCUT2D eigenvalue weighted by molar-refractivity contribution is 6.38. The van der Waals surface area contributed by atoms with E-state index in [1.807, 2.05) is 26.2 Å². The largest absolute Gasteiger partial charge is 0.384 e. The van der Waals surface area contributed by atoms with E-state index in [-0.39, 0.29) is 0 Å². The molecular weight excluding hydrogens is 359 g/mol. The van der Waals surface area contributed by atoms with E-state index in [1.165, 1.54) is 0 Å². The number of anilines is 1. The van der Waals surface area contributed by atoms with Crippen molar-refractivity contribution in [2.75, 3.05) is 5.73 Å². The van der Waals surface area contributed by atoms with Crippen LogP contribution in [0.15, 0.2) is 73.4 Å². The van der Waals surface area contributed by atoms with Crippen LogP contribution in [0.25, 0.3) is 28.0 Å². The van der Waals surface area contributed by atoms with E-state index in [0.717, 1.165) is 40.0 Å². The summed E-state index contributed by atoms with van der Waals surface area (Å²) in [6.45, 7) is 0. The average molecular weight is 378 g/mol. The SMILES string of the molecule is Bc1c(-c2cccnc2)nc2c(-c3ccc(C4C=CC=CC4)nc3)cnn2c1N. The van der Waals surface area contributed by atoms with E-state index in [1.54, 1.807) is 23.1 Å². The molecule has 0 saturated heterocycles. The van der Waals surface area contributed by atoms with Gasteiger partial charge < -0.3 is 5.73 Å². The molecule has 0 aromatic carbocycles. The number of allylic oxidation sites excluding steroid dienone is 4. The van der Waals surface area contributed by atoms with E-state index in [0.29, 0.717) is 17.4 Å². The number of hydrogen-bond donors (Lipinski definition) is 1. The van der Waals surface area contributed by atoms with Crippen molar-refractivity contribution in [2.45, 2.75) is 12.3 Å². The molecule has 0 spiro atoms. The third-order valence-corrected chi connectivity index (χ3v) is 5.32. The number of rotatable bonds is 3. The molecule has 4 heterocycles. The van der Waals surface area contributed by atoms with Gasteiger partial charge in [0.05, 0.1) is 11.9 Å². The minimum atomic E-state index is 0.326. The molecule has 1 unspecified atom stereocenters. The van der Waals surface area contributed by atoms with Crippen molar-refractivity contribution in [3.8, 4) is 22.4 Å². The molecule has 140 valence electrons. The first-order valence-corrected chi connectivity index (χ1v) is 9.56. The van der Waals surface area contributed by atoms with Crippen LogP contribution in [0.4, 0.5) is 5.82 Å². The summed E-state index contributed by atoms with van der Waals surface area (Å²) in [6, 6.07) is 8.03. The van der Waals surface area contributed by atoms with Gasteiger partial charge in [-0.25, -0.2) is 4.98 Å². The summed E-state index contributed by atoms with van der Waals surface area (Å²) < 4.78 is 1.69. The quantitative estimate of drug-likeness (QED) is 0.553. The van der Waals surface area contributed by atoms with Gasteiger partial charge in [0.2, 0.25) is 0 Å². The van der Waals surface area contributed by atoms with Gasteiger partial charge in [-0.2, -0.15) is 9.61 Å². The number of nitrogens with zero attached hydrogens (tertiary/aromatic N) is 5. The van der Waals surface area contributed by atoms with Crippen LogP contribution in [0.5, 0.6) is 0 Å². The molecule has 29 heavy (non-hydrogen) atoms. The molecule has 7 heteroatoms. The highest BCUT2D eigenvalue weighted by atomic mass is 15.3. The third kappa shape index (κ3) is 3.01. The second-order valence-electron chi connectivity index (χ2n) is 7.13. The van der Waals surface area contributed by atoms with Crippen LogP contribution in [0, 0.1) is 0 Å². The lowest BCUT2D eigenvalue weighted by Gasteiger charge is -2.13. The van der Waals surface area contributed by atoms with Crippen LogP contribution in [0.2, 0.25) is 0 Å². The first kappa shape index (κ1) is 17.4. The normalized spacial score (nSPS) is 15.8. The topological polar surface area (TPSA) is 82.0 Å². The summed E-state index contributed by atoms with van der Waals surface area (Å²) in [5.41, 5.74) is 12.6. The zero-order chi connectivity index (χ0) is 19.8. The van der Waals surface area contributed by atoms with Crippen LogP contribution >= 0.6 is 0 Å². The van der Waals surface area contributed by atoms with Crippen molar-refractivity contribution in [3.05, 3.63) is 79.1 Å². The zero-order valence-electron chi connectivity index (χ0n) is 16.0. The summed E-state index contributed by atoms with van der Waals surface area (Å²) in [7, 11) is 1.95. The van der Waals surface area contributed by atoms with Crippen LogP contribution in [-0.2, 0) is 0 Å². The summed E-state index contributed by atoms with van der Waals surface area (Å²) in [4.78, 5) is 13.8. The smallest absolute Gasteiger partial charge is 0.165 e. The molecule has 0 amide bonds. The van der Waals surface area contributed by atoms with Crippen molar-refractivity contribution in [1.29, 1.82) is 0 Å². The Balaban J connectivity index is 1.60. The fourth-order valence-corrected chi connectivity index (χ4v) is 3.67. The standard InChI is InChI=1S/C22H19BN6/c23-19-20(16-7-4-10-25-11-16)28-22-17(13-27-29(22)21(19)24)15-8-9-18(26-12-15)14-5-2-1-3-6-14/h1-5,7-14H,6,23-24H2. The lowest BCUT2D eigenvalue weighted by molar-refractivity contribution is 0.816. The van der Waals surface area contributed by atoms with E-state index >= 15 is 0 Å². The molecule has 4 aromatic rings. The summed E-state index contributed by atoms with van der Waals surface area (Å²) in [5.74, 6) is 0.898. The molecule has 1 aliphatic rings. The van der Waals surface area contributed by atoms with Crippen LogP contribution in [-0.4, -0.2) is 32.4 Å². The number of nitrogens with two attached hydrogens (primary N) is 1. The summed E-state index contributed by atoms with van der Waals surface area (Å²) in [5, 5.41) is 4.47. The molecule has 1 aliphatic carbocycles. The predicted octanol–water partition coefficient (Wildman–Crippen LogP) is 2.29. The van der Waals surface area contributed by atoms with Gasteiger partial charge in [0.1, 0.15) is 13.7 Å². The monoisotopic (exact) mass is 378 g/mol. The van der Waals surface area contributed by atoms with Gasteiger partial charge in [0.25, 0.3) is 0 Å². The Morgan fingerprint density at radius 3 is 2.72 bits per heavy atom. The van der Waals surface area contributed by atoms with Gasteiger partial charge in [-0.15, -0.1) is 0 Å². The van der Waals surface area contributed by atoms with E-state index < -0.39 is 0 Å². The van der Waals surface area contributed by atoms with E-state index in [4.69, 9.17) is 15.7 Å². The predicted molar refractivity (Wildman–Crippen MR) is 118 cm³/mol. The first-order chi connectivity index (χ1) is 14.2. The first-order valence-electron chi connectivity index (χ1n) is 9.56. The highest BCUT2D eigenvalue weighted by Crippen LogP contribution is 2.28. The van der Waals surface area contributed by atoms with Crippen molar-refractivity contribution in [2.24, 2.45) is 0 Å². The summed E-state index contributed by atoms with van der Waals surface area (Å²) >= 11 is 0. The maximum absolute atomic E-state index is 6.38. The molecule has 1 atom stereocenters. The average Bonchev–Trinajstić information content (AvgIpc) is 3.22. The van der Waals surface area contributed by atoms with Crippen molar-refractivity contribution < 1.29 is 0 Å². The van der Waals surface area contributed by atoms with Gasteiger partial charge in [-0.05, 0) is 30.1 Å². The van der Waals surface area contributed by atoms with Gasteiger partial charge >= 0.3 is 0 Å². The van der Waals surface area contributed by atoms with Crippen molar-refractivity contribution in [1.82, 2.24) is 24.6 Å². The lowest BCUT2D eigenvalue weighted by Crippen LogP contribution is -2.20. The van der Waals surface area contributed by atoms with Crippen molar-refractivity contribution in [3.63, 3.8) is 0 Å². The Morgan fingerprint density at radius 2 is 2.00 bits per heavy atom. The molecule has 4 aromatic heterocycles. The number of fused-ring (bicyclic) bond motifs is 1. The van der Waals surface area contributed by atoms with Gasteiger partial charge in [-0.1, -0.05) is 30.4 Å². The van der Waals surface area contributed by atoms with Crippen molar-refractivity contribution >= 4 is 24.8 Å². The molecule has 0 aliphatic heterocycles. The Bertz CT molecular complexity index is 1240. The van der Waals surface area contributed by atoms with Gasteiger partial charge in [0, 0.05) is 46.9 Å². The number of aromatic nitrogens is 5. The van der Waals surface area contributed by atoms with E-state index in [2.05, 4.69) is 46.5 Å². The second-order valence-corrected chi connectivity index (χ2v) is 7.13. The third-order valence-electron chi connectivity index (χ3n) is 5.32. The Labute approximate surface area is 169 Å². The molecule has 2 N–H and O–H groups in total. The molecule has 5 rings (SSSR count). The van der Waals surface area contributed by atoms with Gasteiger partial charge in [0.15, 0.2) is 5.65 Å². The number of hydrogen-bond acceptors (Lipinski definition) is 5. The molecule has 0 bridgehead atoms. The Kier molecular flexibility index (Phi) is 4.20. The minimum absolute atomic E-state index is 0.326. The van der Waals surface area contributed by atoms with Crippen LogP contribution < -0.4 is 11.2 Å². The second kappa shape index (κ2) is 7.02.